The lowest BCUT2D eigenvalue weighted by Gasteiger charge is -2.25. The van der Waals surface area contributed by atoms with Crippen molar-refractivity contribution in [2.75, 3.05) is 0 Å². The quantitative estimate of drug-likeness (QED) is 0.848. The van der Waals surface area contributed by atoms with Gasteiger partial charge in [-0.25, -0.2) is 0 Å². The third-order valence-corrected chi connectivity index (χ3v) is 3.00. The third-order valence-electron chi connectivity index (χ3n) is 3.00. The van der Waals surface area contributed by atoms with E-state index in [1.807, 2.05) is 13.0 Å². The van der Waals surface area contributed by atoms with Gasteiger partial charge < -0.3 is 5.32 Å². The lowest BCUT2D eigenvalue weighted by Crippen LogP contribution is -2.29. The van der Waals surface area contributed by atoms with E-state index in [0.717, 1.165) is 0 Å². The highest BCUT2D eigenvalue weighted by Gasteiger charge is 2.20. The Kier molecular flexibility index (Phi) is 4.04. The molecule has 2 N–H and O–H groups in total. The number of benzene rings is 1. The Hall–Kier alpha value is -1.75. The molecule has 1 aromatic carbocycles. The zero-order chi connectivity index (χ0) is 13.0. The molecule has 2 rings (SSSR count). The van der Waals surface area contributed by atoms with Gasteiger partial charge in [0, 0.05) is 6.04 Å². The molecule has 0 saturated carbocycles. The molecular formula is C13H19N5. The average Bonchev–Trinajstić information content (AvgIpc) is 2.90. The minimum absolute atomic E-state index is 0.0661. The number of aromatic amines is 1. The first-order valence-electron chi connectivity index (χ1n) is 6.23. The summed E-state index contributed by atoms with van der Waals surface area (Å²) in [6.07, 6.45) is 0. The summed E-state index contributed by atoms with van der Waals surface area (Å²) in [6, 6.07) is 10.8. The molecule has 2 unspecified atom stereocenters. The van der Waals surface area contributed by atoms with Crippen LogP contribution in [0.1, 0.15) is 44.2 Å². The minimum Gasteiger partial charge on any atom is -0.300 e. The van der Waals surface area contributed by atoms with Crippen LogP contribution in [0.25, 0.3) is 0 Å². The van der Waals surface area contributed by atoms with E-state index in [1.165, 1.54) is 5.56 Å². The standard InChI is InChI=1S/C13H19N5/c1-9(2)12(11-7-5-4-6-8-11)14-10(3)13-15-17-18-16-13/h4-10,12,14H,1-3H3,(H,15,16,17,18). The van der Waals surface area contributed by atoms with Gasteiger partial charge in [-0.15, -0.1) is 10.2 Å². The molecule has 1 heterocycles. The van der Waals surface area contributed by atoms with E-state index in [4.69, 9.17) is 0 Å². The van der Waals surface area contributed by atoms with E-state index in [9.17, 15) is 0 Å². The maximum Gasteiger partial charge on any atom is 0.191 e. The van der Waals surface area contributed by atoms with Crippen LogP contribution in [0.15, 0.2) is 30.3 Å². The van der Waals surface area contributed by atoms with Crippen molar-refractivity contribution in [2.24, 2.45) is 5.92 Å². The van der Waals surface area contributed by atoms with Gasteiger partial charge in [0.15, 0.2) is 5.82 Å². The first kappa shape index (κ1) is 12.7. The highest BCUT2D eigenvalue weighted by molar-refractivity contribution is 5.19. The van der Waals surface area contributed by atoms with Gasteiger partial charge in [0.25, 0.3) is 0 Å². The molecule has 0 saturated heterocycles. The summed E-state index contributed by atoms with van der Waals surface area (Å²) in [5.41, 5.74) is 1.28. The first-order valence-corrected chi connectivity index (χ1v) is 6.23. The normalized spacial score (nSPS) is 14.7. The van der Waals surface area contributed by atoms with Crippen molar-refractivity contribution < 1.29 is 0 Å². The lowest BCUT2D eigenvalue weighted by molar-refractivity contribution is 0.367. The Labute approximate surface area is 107 Å². The number of nitrogens with zero attached hydrogens (tertiary/aromatic N) is 3. The van der Waals surface area contributed by atoms with Gasteiger partial charge in [0.1, 0.15) is 0 Å². The van der Waals surface area contributed by atoms with Crippen molar-refractivity contribution in [1.29, 1.82) is 0 Å². The predicted molar refractivity (Wildman–Crippen MR) is 69.7 cm³/mol. The summed E-state index contributed by atoms with van der Waals surface area (Å²) in [5, 5.41) is 17.6. The molecule has 96 valence electrons. The largest absolute Gasteiger partial charge is 0.300 e. The Morgan fingerprint density at radius 3 is 2.39 bits per heavy atom. The van der Waals surface area contributed by atoms with Crippen molar-refractivity contribution >= 4 is 0 Å². The topological polar surface area (TPSA) is 66.5 Å². The van der Waals surface area contributed by atoms with E-state index < -0.39 is 0 Å². The van der Waals surface area contributed by atoms with Crippen molar-refractivity contribution in [2.45, 2.75) is 32.9 Å². The molecule has 0 bridgehead atoms. The molecule has 0 aliphatic carbocycles. The van der Waals surface area contributed by atoms with Crippen LogP contribution in [0.3, 0.4) is 0 Å². The van der Waals surface area contributed by atoms with Crippen LogP contribution < -0.4 is 5.32 Å². The molecule has 2 atom stereocenters. The maximum absolute atomic E-state index is 4.01. The SMILES string of the molecule is CC(NC(c1ccccc1)C(C)C)c1nn[nH]n1. The van der Waals surface area contributed by atoms with Crippen LogP contribution in [0.2, 0.25) is 0 Å². The molecule has 1 aromatic heterocycles. The molecule has 0 radical (unpaired) electrons. The molecular weight excluding hydrogens is 226 g/mol. The smallest absolute Gasteiger partial charge is 0.191 e. The second-order valence-electron chi connectivity index (χ2n) is 4.79. The number of hydrogen-bond acceptors (Lipinski definition) is 4. The van der Waals surface area contributed by atoms with E-state index >= 15 is 0 Å². The number of rotatable bonds is 5. The third kappa shape index (κ3) is 2.92. The van der Waals surface area contributed by atoms with Crippen LogP contribution >= 0.6 is 0 Å². The predicted octanol–water partition coefficient (Wildman–Crippen LogP) is 2.25. The van der Waals surface area contributed by atoms with Gasteiger partial charge in [-0.05, 0) is 18.4 Å². The Morgan fingerprint density at radius 2 is 1.83 bits per heavy atom. The number of H-pyrrole nitrogens is 1. The van der Waals surface area contributed by atoms with Crippen LogP contribution in [-0.4, -0.2) is 20.6 Å². The maximum atomic E-state index is 4.01. The van der Waals surface area contributed by atoms with Crippen LogP contribution in [0, 0.1) is 5.92 Å². The second-order valence-corrected chi connectivity index (χ2v) is 4.79. The van der Waals surface area contributed by atoms with Gasteiger partial charge in [-0.3, -0.25) is 0 Å². The highest BCUT2D eigenvalue weighted by atomic mass is 15.5. The van der Waals surface area contributed by atoms with Gasteiger partial charge in [-0.1, -0.05) is 49.4 Å². The highest BCUT2D eigenvalue weighted by Crippen LogP contribution is 2.24. The molecule has 0 aliphatic heterocycles. The minimum atomic E-state index is 0.0661. The van der Waals surface area contributed by atoms with Gasteiger partial charge in [0.05, 0.1) is 6.04 Å². The summed E-state index contributed by atoms with van der Waals surface area (Å²) in [7, 11) is 0. The second kappa shape index (κ2) is 5.73. The first-order chi connectivity index (χ1) is 8.68. The molecule has 18 heavy (non-hydrogen) atoms. The van der Waals surface area contributed by atoms with E-state index in [0.29, 0.717) is 11.7 Å². The van der Waals surface area contributed by atoms with Gasteiger partial charge in [0.2, 0.25) is 0 Å². The Balaban J connectivity index is 2.12. The summed E-state index contributed by atoms with van der Waals surface area (Å²) < 4.78 is 0. The molecule has 2 aromatic rings. The van der Waals surface area contributed by atoms with Crippen molar-refractivity contribution in [3.63, 3.8) is 0 Å². The van der Waals surface area contributed by atoms with E-state index in [2.05, 4.69) is 64.1 Å². The van der Waals surface area contributed by atoms with Crippen molar-refractivity contribution in [3.8, 4) is 0 Å². The summed E-state index contributed by atoms with van der Waals surface area (Å²) >= 11 is 0. The Morgan fingerprint density at radius 1 is 1.11 bits per heavy atom. The molecule has 0 aliphatic rings. The fraction of sp³-hybridized carbons (Fsp3) is 0.462. The number of tetrazole rings is 1. The Bertz CT molecular complexity index is 451. The van der Waals surface area contributed by atoms with Crippen molar-refractivity contribution in [1.82, 2.24) is 25.9 Å². The average molecular weight is 245 g/mol. The molecule has 5 nitrogen and oxygen atoms in total. The number of hydrogen-bond donors (Lipinski definition) is 2. The fourth-order valence-corrected chi connectivity index (χ4v) is 2.03. The molecule has 0 spiro atoms. The van der Waals surface area contributed by atoms with Crippen LogP contribution in [0.5, 0.6) is 0 Å². The molecule has 5 heteroatoms. The molecule has 0 amide bonds. The number of aromatic nitrogens is 4. The summed E-state index contributed by atoms with van der Waals surface area (Å²) in [4.78, 5) is 0. The summed E-state index contributed by atoms with van der Waals surface area (Å²) in [6.45, 7) is 6.45. The zero-order valence-electron chi connectivity index (χ0n) is 11.0. The van der Waals surface area contributed by atoms with E-state index in [-0.39, 0.29) is 12.1 Å². The van der Waals surface area contributed by atoms with Crippen LogP contribution in [-0.2, 0) is 0 Å². The van der Waals surface area contributed by atoms with Gasteiger partial charge >= 0.3 is 0 Å². The lowest BCUT2D eigenvalue weighted by atomic mass is 9.95. The van der Waals surface area contributed by atoms with Crippen molar-refractivity contribution in [3.05, 3.63) is 41.7 Å². The fourth-order valence-electron chi connectivity index (χ4n) is 2.03. The zero-order valence-corrected chi connectivity index (χ0v) is 11.0. The van der Waals surface area contributed by atoms with E-state index in [1.54, 1.807) is 0 Å². The van der Waals surface area contributed by atoms with Gasteiger partial charge in [-0.2, -0.15) is 5.21 Å². The van der Waals surface area contributed by atoms with Crippen LogP contribution in [0.4, 0.5) is 0 Å². The molecule has 0 fully saturated rings. The monoisotopic (exact) mass is 245 g/mol. The summed E-state index contributed by atoms with van der Waals surface area (Å²) in [5.74, 6) is 1.18. The number of nitrogens with one attached hydrogen (secondary N) is 2.